The quantitative estimate of drug-likeness (QED) is 0.182. The first-order chi connectivity index (χ1) is 14.9. The van der Waals surface area contributed by atoms with Crippen LogP contribution < -0.4 is 30.2 Å². The van der Waals surface area contributed by atoms with Crippen LogP contribution in [0.25, 0.3) is 0 Å². The Hall–Kier alpha value is -2.09. The normalized spacial score (nSPS) is 16.9. The van der Waals surface area contributed by atoms with Crippen LogP contribution in [0.15, 0.2) is 0 Å². The van der Waals surface area contributed by atoms with Crippen molar-refractivity contribution in [3.05, 3.63) is 0 Å². The predicted octanol–water partition coefficient (Wildman–Crippen LogP) is -7.29. The molecule has 0 saturated carbocycles. The maximum absolute atomic E-state index is 11.6. The summed E-state index contributed by atoms with van der Waals surface area (Å²) in [7, 11) is -5.23. The lowest BCUT2D eigenvalue weighted by atomic mass is 10.2. The third-order valence-corrected chi connectivity index (χ3v) is 6.87. The van der Waals surface area contributed by atoms with Gasteiger partial charge in [0.1, 0.15) is 0 Å². The monoisotopic (exact) mass is 493 g/mol. The van der Waals surface area contributed by atoms with Gasteiger partial charge in [-0.15, -0.1) is 0 Å². The highest BCUT2D eigenvalue weighted by Gasteiger charge is 2.27. The number of aliphatic carboxylic acids is 4. The van der Waals surface area contributed by atoms with E-state index in [1.807, 2.05) is 0 Å². The van der Waals surface area contributed by atoms with Gasteiger partial charge >= 0.3 is 0 Å². The Morgan fingerprint density at radius 1 is 0.606 bits per heavy atom. The van der Waals surface area contributed by atoms with Crippen LogP contribution >= 0.6 is 7.60 Å². The van der Waals surface area contributed by atoms with E-state index in [4.69, 9.17) is 0 Å². The molecule has 0 aliphatic carbocycles. The Kier molecular flexibility index (Phi) is 12.1. The first-order valence-corrected chi connectivity index (χ1v) is 11.6. The molecule has 0 bridgehead atoms. The molecule has 15 heteroatoms. The molecule has 0 aromatic heterocycles. The molecule has 14 nitrogen and oxygen atoms in total. The molecule has 0 aromatic carbocycles. The second kappa shape index (κ2) is 13.0. The Morgan fingerprint density at radius 3 is 1.03 bits per heavy atom. The van der Waals surface area contributed by atoms with Crippen LogP contribution in [-0.2, 0) is 23.7 Å². The van der Waals surface area contributed by atoms with Crippen LogP contribution in [0.4, 0.5) is 0 Å². The highest BCUT2D eigenvalue weighted by atomic mass is 31.2. The minimum absolute atomic E-state index is 0.335. The second-order valence-electron chi connectivity index (χ2n) is 7.66. The SMILES string of the molecule is CC(C(=O)[O-])N(CCN(CCN(C(C)C(=O)[O-])C(C)C(=O)[O-])C(C)P(=O)([O-])[O-])C(C)C(=O)[O-]. The van der Waals surface area contributed by atoms with E-state index in [0.717, 1.165) is 49.3 Å². The average molecular weight is 493 g/mol. The largest absolute Gasteiger partial charge is 0.810 e. The van der Waals surface area contributed by atoms with Crippen molar-refractivity contribution in [1.82, 2.24) is 14.7 Å². The summed E-state index contributed by atoms with van der Waals surface area (Å²) in [5, 5.41) is 45.0. The summed E-state index contributed by atoms with van der Waals surface area (Å²) < 4.78 is 11.6. The number of carbonyl (C=O) groups excluding carboxylic acids is 4. The molecular weight excluding hydrogens is 465 g/mol. The summed E-state index contributed by atoms with van der Waals surface area (Å²) >= 11 is 0. The van der Waals surface area contributed by atoms with Crippen molar-refractivity contribution in [2.24, 2.45) is 0 Å². The zero-order chi connectivity index (χ0) is 26.3. The number of rotatable bonds is 16. The standard InChI is InChI=1S/C18H34N3O11P/c1-10(15(22)23)20(11(2)16(24)25)8-6-19(14(5)33(30,31)32)7-9-21(12(3)17(26)27)13(4)18(28)29/h10-14H,6-9H2,1-5H3,(H,22,23)(H,24,25)(H,26,27)(H,28,29)(H2,30,31,32)/p-6. The number of carboxylic acids is 4. The van der Waals surface area contributed by atoms with E-state index >= 15 is 0 Å². The van der Waals surface area contributed by atoms with Crippen LogP contribution in [0.5, 0.6) is 0 Å². The zero-order valence-corrected chi connectivity index (χ0v) is 19.9. The molecule has 0 aliphatic rings. The van der Waals surface area contributed by atoms with Crippen LogP contribution in [0.3, 0.4) is 0 Å². The highest BCUT2D eigenvalue weighted by molar-refractivity contribution is 7.49. The molecule has 5 atom stereocenters. The van der Waals surface area contributed by atoms with E-state index in [9.17, 15) is 54.0 Å². The van der Waals surface area contributed by atoms with E-state index < -0.39 is 61.4 Å². The Labute approximate surface area is 191 Å². The van der Waals surface area contributed by atoms with Crippen LogP contribution in [-0.4, -0.2) is 94.7 Å². The molecular formula is C18H28N3O11P-6. The van der Waals surface area contributed by atoms with Gasteiger partial charge < -0.3 is 54.0 Å². The van der Waals surface area contributed by atoms with Gasteiger partial charge in [0.15, 0.2) is 0 Å². The molecule has 0 amide bonds. The number of hydrogen-bond donors (Lipinski definition) is 0. The van der Waals surface area contributed by atoms with E-state index in [-0.39, 0.29) is 26.2 Å². The van der Waals surface area contributed by atoms with Crippen molar-refractivity contribution in [3.63, 3.8) is 0 Å². The Morgan fingerprint density at radius 2 is 0.848 bits per heavy atom. The number of carbonyl (C=O) groups is 4. The molecule has 192 valence electrons. The Balaban J connectivity index is 5.82. The lowest BCUT2D eigenvalue weighted by molar-refractivity contribution is -0.322. The summed E-state index contributed by atoms with van der Waals surface area (Å²) in [6.07, 6.45) is 0. The highest BCUT2D eigenvalue weighted by Crippen LogP contribution is 2.33. The minimum atomic E-state index is -5.23. The van der Waals surface area contributed by atoms with E-state index in [2.05, 4.69) is 0 Å². The van der Waals surface area contributed by atoms with Crippen molar-refractivity contribution in [2.75, 3.05) is 26.2 Å². The molecule has 0 fully saturated rings. The smallest absolute Gasteiger partial charge is 0.0584 e. The lowest BCUT2D eigenvalue weighted by Crippen LogP contribution is -2.59. The number of hydrogen-bond acceptors (Lipinski definition) is 14. The van der Waals surface area contributed by atoms with Gasteiger partial charge in [-0.05, 0) is 34.6 Å². The van der Waals surface area contributed by atoms with Gasteiger partial charge in [-0.2, -0.15) is 0 Å². The fourth-order valence-electron chi connectivity index (χ4n) is 3.16. The summed E-state index contributed by atoms with van der Waals surface area (Å²) in [6.45, 7) is 4.29. The van der Waals surface area contributed by atoms with Crippen molar-refractivity contribution >= 4 is 31.5 Å². The first-order valence-electron chi connectivity index (χ1n) is 10.0. The second-order valence-corrected chi connectivity index (χ2v) is 9.49. The van der Waals surface area contributed by atoms with Crippen LogP contribution in [0.2, 0.25) is 0 Å². The van der Waals surface area contributed by atoms with Crippen molar-refractivity contribution < 1.29 is 54.0 Å². The molecule has 0 heterocycles. The van der Waals surface area contributed by atoms with Gasteiger partial charge in [0.25, 0.3) is 0 Å². The maximum atomic E-state index is 11.6. The lowest BCUT2D eigenvalue weighted by Gasteiger charge is -2.45. The molecule has 0 aromatic rings. The van der Waals surface area contributed by atoms with Gasteiger partial charge in [0.2, 0.25) is 0 Å². The van der Waals surface area contributed by atoms with Crippen LogP contribution in [0.1, 0.15) is 34.6 Å². The summed E-state index contributed by atoms with van der Waals surface area (Å²) in [6, 6.07) is -5.63. The van der Waals surface area contributed by atoms with Crippen molar-refractivity contribution in [1.29, 1.82) is 0 Å². The first kappa shape index (κ1) is 30.9. The molecule has 0 radical (unpaired) electrons. The molecule has 0 N–H and O–H groups in total. The fourth-order valence-corrected chi connectivity index (χ4v) is 3.79. The third-order valence-electron chi connectivity index (χ3n) is 5.63. The molecule has 0 spiro atoms. The fraction of sp³-hybridized carbons (Fsp3) is 0.778. The molecule has 0 saturated heterocycles. The van der Waals surface area contributed by atoms with Crippen molar-refractivity contribution in [3.8, 4) is 0 Å². The molecule has 0 rings (SSSR count). The van der Waals surface area contributed by atoms with Gasteiger partial charge in [0, 0.05) is 56.1 Å². The van der Waals surface area contributed by atoms with E-state index in [0.29, 0.717) is 0 Å². The van der Waals surface area contributed by atoms with E-state index in [1.54, 1.807) is 0 Å². The summed E-state index contributed by atoms with van der Waals surface area (Å²) in [5.41, 5.74) is 0. The average Bonchev–Trinajstić information content (AvgIpc) is 2.69. The Bertz CT molecular complexity index is 671. The number of nitrogens with zero attached hydrogens (tertiary/aromatic N) is 3. The summed E-state index contributed by atoms with van der Waals surface area (Å²) in [4.78, 5) is 71.2. The summed E-state index contributed by atoms with van der Waals surface area (Å²) in [5.74, 6) is -8.06. The van der Waals surface area contributed by atoms with Gasteiger partial charge in [-0.1, -0.05) is 7.60 Å². The van der Waals surface area contributed by atoms with Crippen molar-refractivity contribution in [2.45, 2.75) is 64.6 Å². The predicted molar refractivity (Wildman–Crippen MR) is 99.9 cm³/mol. The topological polar surface area (TPSA) is 233 Å². The third kappa shape index (κ3) is 9.35. The molecule has 33 heavy (non-hydrogen) atoms. The molecule has 5 unspecified atom stereocenters. The van der Waals surface area contributed by atoms with Gasteiger partial charge in [-0.25, -0.2) is 0 Å². The zero-order valence-electron chi connectivity index (χ0n) is 19.0. The minimum Gasteiger partial charge on any atom is -0.810 e. The van der Waals surface area contributed by atoms with Gasteiger partial charge in [-0.3, -0.25) is 14.7 Å². The maximum Gasteiger partial charge on any atom is 0.0584 e. The molecule has 0 aliphatic heterocycles. The number of carboxylic acid groups (broad SMARTS) is 4. The van der Waals surface area contributed by atoms with Gasteiger partial charge in [0.05, 0.1) is 23.9 Å². The van der Waals surface area contributed by atoms with Crippen LogP contribution in [0, 0.1) is 0 Å². The van der Waals surface area contributed by atoms with E-state index in [1.165, 1.54) is 0 Å².